The predicted octanol–water partition coefficient (Wildman–Crippen LogP) is 1.98. The molecule has 0 unspecified atom stereocenters. The maximum atomic E-state index is 5.29. The number of nitrogens with zero attached hydrogens (tertiary/aromatic N) is 3. The lowest BCUT2D eigenvalue weighted by atomic mass is 10.1. The number of aromatic nitrogens is 2. The number of aryl methyl sites for hydroxylation is 1. The van der Waals surface area contributed by atoms with Gasteiger partial charge in [0.05, 0.1) is 18.5 Å². The van der Waals surface area contributed by atoms with Crippen LogP contribution in [0.3, 0.4) is 0 Å². The van der Waals surface area contributed by atoms with Gasteiger partial charge in [0.1, 0.15) is 5.76 Å². The Morgan fingerprint density at radius 1 is 1.42 bits per heavy atom. The summed E-state index contributed by atoms with van der Waals surface area (Å²) in [4.78, 5) is 11.4. The van der Waals surface area contributed by atoms with Crippen molar-refractivity contribution in [2.75, 3.05) is 18.9 Å². The van der Waals surface area contributed by atoms with Crippen LogP contribution in [0.25, 0.3) is 0 Å². The molecule has 0 radical (unpaired) electrons. The molecule has 3 heterocycles. The van der Waals surface area contributed by atoms with Gasteiger partial charge >= 0.3 is 0 Å². The maximum Gasteiger partial charge on any atom is 0.223 e. The van der Waals surface area contributed by atoms with E-state index in [1.807, 2.05) is 12.1 Å². The Bertz CT molecular complexity index is 565. The molecule has 0 atom stereocenters. The second-order valence-corrected chi connectivity index (χ2v) is 4.98. The molecule has 0 spiro atoms. The first kappa shape index (κ1) is 12.2. The van der Waals surface area contributed by atoms with Gasteiger partial charge in [-0.15, -0.1) is 0 Å². The molecular weight excluding hydrogens is 240 g/mol. The third kappa shape index (κ3) is 2.61. The summed E-state index contributed by atoms with van der Waals surface area (Å²) in [5.41, 5.74) is 3.52. The first-order chi connectivity index (χ1) is 9.22. The van der Waals surface area contributed by atoms with Crippen LogP contribution in [0.4, 0.5) is 5.95 Å². The molecule has 0 fully saturated rings. The normalized spacial score (nSPS) is 15.3. The molecule has 19 heavy (non-hydrogen) atoms. The zero-order chi connectivity index (χ0) is 13.2. The third-order valence-electron chi connectivity index (χ3n) is 3.46. The highest BCUT2D eigenvalue weighted by molar-refractivity contribution is 5.35. The van der Waals surface area contributed by atoms with Gasteiger partial charge in [0.15, 0.2) is 0 Å². The fraction of sp³-hybridized carbons (Fsp3) is 0.429. The minimum atomic E-state index is 0.616. The van der Waals surface area contributed by atoms with Crippen LogP contribution in [0.2, 0.25) is 0 Å². The van der Waals surface area contributed by atoms with E-state index in [1.165, 1.54) is 11.3 Å². The van der Waals surface area contributed by atoms with Crippen molar-refractivity contribution in [3.8, 4) is 0 Å². The number of likely N-dealkylation sites (N-methyl/N-ethyl adjacent to an activating group) is 1. The van der Waals surface area contributed by atoms with Crippen LogP contribution in [0.1, 0.15) is 22.7 Å². The average molecular weight is 258 g/mol. The fourth-order valence-electron chi connectivity index (χ4n) is 2.37. The summed E-state index contributed by atoms with van der Waals surface area (Å²) in [5, 5.41) is 3.22. The number of fused-ring (bicyclic) bond motifs is 1. The molecule has 1 aliphatic heterocycles. The minimum Gasteiger partial charge on any atom is -0.467 e. The molecule has 5 nitrogen and oxygen atoms in total. The SMILES string of the molecule is Cc1nc(NCc2ccco2)nc2c1CN(C)CC2. The van der Waals surface area contributed by atoms with E-state index in [4.69, 9.17) is 4.42 Å². The molecule has 2 aromatic rings. The van der Waals surface area contributed by atoms with E-state index in [0.717, 1.165) is 31.0 Å². The molecule has 0 aromatic carbocycles. The van der Waals surface area contributed by atoms with Crippen LogP contribution in [-0.2, 0) is 19.5 Å². The number of hydrogen-bond acceptors (Lipinski definition) is 5. The standard InChI is InChI=1S/C14H18N4O/c1-10-12-9-18(2)6-5-13(12)17-14(16-10)15-8-11-4-3-7-19-11/h3-4,7H,5-6,8-9H2,1-2H3,(H,15,16,17). The highest BCUT2D eigenvalue weighted by atomic mass is 16.3. The molecular formula is C14H18N4O. The van der Waals surface area contributed by atoms with Crippen LogP contribution in [0.5, 0.6) is 0 Å². The number of anilines is 1. The molecule has 1 N–H and O–H groups in total. The van der Waals surface area contributed by atoms with Crippen molar-refractivity contribution in [3.05, 3.63) is 41.1 Å². The van der Waals surface area contributed by atoms with Gasteiger partial charge < -0.3 is 14.6 Å². The first-order valence-electron chi connectivity index (χ1n) is 6.53. The highest BCUT2D eigenvalue weighted by Crippen LogP contribution is 2.20. The van der Waals surface area contributed by atoms with E-state index in [2.05, 4.69) is 34.2 Å². The Balaban J connectivity index is 1.78. The van der Waals surface area contributed by atoms with E-state index >= 15 is 0 Å². The van der Waals surface area contributed by atoms with Crippen molar-refractivity contribution in [1.82, 2.24) is 14.9 Å². The molecule has 100 valence electrons. The lowest BCUT2D eigenvalue weighted by Crippen LogP contribution is -2.28. The zero-order valence-corrected chi connectivity index (χ0v) is 11.3. The van der Waals surface area contributed by atoms with E-state index in [-0.39, 0.29) is 0 Å². The average Bonchev–Trinajstić information content (AvgIpc) is 2.90. The quantitative estimate of drug-likeness (QED) is 0.912. The van der Waals surface area contributed by atoms with Gasteiger partial charge in [-0.25, -0.2) is 9.97 Å². The zero-order valence-electron chi connectivity index (χ0n) is 11.3. The predicted molar refractivity (Wildman–Crippen MR) is 72.8 cm³/mol. The molecule has 0 saturated heterocycles. The molecule has 0 bridgehead atoms. The van der Waals surface area contributed by atoms with E-state index in [1.54, 1.807) is 6.26 Å². The molecule has 2 aromatic heterocycles. The van der Waals surface area contributed by atoms with Gasteiger partial charge in [-0.05, 0) is 26.1 Å². The van der Waals surface area contributed by atoms with Crippen molar-refractivity contribution in [2.24, 2.45) is 0 Å². The van der Waals surface area contributed by atoms with Crippen LogP contribution < -0.4 is 5.32 Å². The van der Waals surface area contributed by atoms with Gasteiger partial charge in [0.25, 0.3) is 0 Å². The largest absolute Gasteiger partial charge is 0.467 e. The Morgan fingerprint density at radius 2 is 2.32 bits per heavy atom. The molecule has 0 aliphatic carbocycles. The number of hydrogen-bond donors (Lipinski definition) is 1. The Morgan fingerprint density at radius 3 is 3.11 bits per heavy atom. The first-order valence-corrected chi connectivity index (χ1v) is 6.53. The third-order valence-corrected chi connectivity index (χ3v) is 3.46. The fourth-order valence-corrected chi connectivity index (χ4v) is 2.37. The van der Waals surface area contributed by atoms with E-state index < -0.39 is 0 Å². The molecule has 3 rings (SSSR count). The second kappa shape index (κ2) is 5.01. The van der Waals surface area contributed by atoms with Crippen molar-refractivity contribution < 1.29 is 4.42 Å². The number of nitrogens with one attached hydrogen (secondary N) is 1. The van der Waals surface area contributed by atoms with E-state index in [9.17, 15) is 0 Å². The van der Waals surface area contributed by atoms with Crippen molar-refractivity contribution in [3.63, 3.8) is 0 Å². The smallest absolute Gasteiger partial charge is 0.223 e. The molecule has 0 amide bonds. The van der Waals surface area contributed by atoms with Gasteiger partial charge in [-0.1, -0.05) is 0 Å². The summed E-state index contributed by atoms with van der Waals surface area (Å²) in [6.07, 6.45) is 2.66. The number of rotatable bonds is 3. The van der Waals surface area contributed by atoms with Crippen LogP contribution in [-0.4, -0.2) is 28.5 Å². The molecule has 5 heteroatoms. The summed E-state index contributed by atoms with van der Waals surface area (Å²) >= 11 is 0. The molecule has 1 aliphatic rings. The Labute approximate surface area is 112 Å². The van der Waals surface area contributed by atoms with Gasteiger partial charge in [-0.2, -0.15) is 0 Å². The summed E-state index contributed by atoms with van der Waals surface area (Å²) in [7, 11) is 2.13. The van der Waals surface area contributed by atoms with E-state index in [0.29, 0.717) is 12.5 Å². The maximum absolute atomic E-state index is 5.29. The van der Waals surface area contributed by atoms with Gasteiger partial charge in [-0.3, -0.25) is 0 Å². The van der Waals surface area contributed by atoms with Crippen LogP contribution in [0.15, 0.2) is 22.8 Å². The summed E-state index contributed by atoms with van der Waals surface area (Å²) in [5.74, 6) is 1.58. The molecule has 0 saturated carbocycles. The van der Waals surface area contributed by atoms with Crippen molar-refractivity contribution in [2.45, 2.75) is 26.4 Å². The highest BCUT2D eigenvalue weighted by Gasteiger charge is 2.18. The Kier molecular flexibility index (Phi) is 3.21. The topological polar surface area (TPSA) is 54.2 Å². The summed E-state index contributed by atoms with van der Waals surface area (Å²) in [6.45, 7) is 4.67. The Hall–Kier alpha value is -1.88. The summed E-state index contributed by atoms with van der Waals surface area (Å²) < 4.78 is 5.29. The summed E-state index contributed by atoms with van der Waals surface area (Å²) in [6, 6.07) is 3.82. The number of furan rings is 1. The lowest BCUT2D eigenvalue weighted by molar-refractivity contribution is 0.308. The van der Waals surface area contributed by atoms with Gasteiger partial charge in [0, 0.05) is 30.8 Å². The van der Waals surface area contributed by atoms with Crippen LogP contribution in [0, 0.1) is 6.92 Å². The van der Waals surface area contributed by atoms with Crippen LogP contribution >= 0.6 is 0 Å². The van der Waals surface area contributed by atoms with Crippen molar-refractivity contribution >= 4 is 5.95 Å². The second-order valence-electron chi connectivity index (χ2n) is 4.98. The van der Waals surface area contributed by atoms with Crippen molar-refractivity contribution in [1.29, 1.82) is 0 Å². The lowest BCUT2D eigenvalue weighted by Gasteiger charge is -2.25. The minimum absolute atomic E-state index is 0.616. The van der Waals surface area contributed by atoms with Gasteiger partial charge in [0.2, 0.25) is 5.95 Å². The monoisotopic (exact) mass is 258 g/mol.